The number of anilines is 1. The maximum atomic E-state index is 3.64. The second kappa shape index (κ2) is 7.08. The number of nitrogens with one attached hydrogen (secondary N) is 1. The summed E-state index contributed by atoms with van der Waals surface area (Å²) in [7, 11) is 0. The molecule has 0 aromatic heterocycles. The smallest absolute Gasteiger partial charge is 0.0362 e. The molecule has 2 unspecified atom stereocenters. The first-order valence-corrected chi connectivity index (χ1v) is 8.30. The Morgan fingerprint density at radius 3 is 2.61 bits per heavy atom. The van der Waals surface area contributed by atoms with Gasteiger partial charge in [-0.3, -0.25) is 0 Å². The fraction of sp³-hybridized carbons (Fsp3) is 0.625. The fourth-order valence-electron chi connectivity index (χ4n) is 2.50. The molecule has 1 nitrogen and oxygen atoms in total. The van der Waals surface area contributed by atoms with E-state index in [2.05, 4.69) is 55.2 Å². The van der Waals surface area contributed by atoms with Gasteiger partial charge in [-0.05, 0) is 37.0 Å². The van der Waals surface area contributed by atoms with Gasteiger partial charge in [0.25, 0.3) is 0 Å². The van der Waals surface area contributed by atoms with Crippen molar-refractivity contribution in [2.45, 2.75) is 57.2 Å². The van der Waals surface area contributed by atoms with Crippen LogP contribution in [-0.4, -0.2) is 17.0 Å². The van der Waals surface area contributed by atoms with E-state index in [9.17, 15) is 0 Å². The Kier molecular flexibility index (Phi) is 5.43. The van der Waals surface area contributed by atoms with Gasteiger partial charge in [-0.2, -0.15) is 11.8 Å². The summed E-state index contributed by atoms with van der Waals surface area (Å²) in [6, 6.07) is 9.72. The van der Waals surface area contributed by atoms with E-state index in [1.807, 2.05) is 0 Å². The number of unbranched alkanes of at least 4 members (excludes halogenated alkanes) is 2. The lowest BCUT2D eigenvalue weighted by molar-refractivity contribution is 0.717. The van der Waals surface area contributed by atoms with Gasteiger partial charge in [0.15, 0.2) is 0 Å². The monoisotopic (exact) mass is 263 g/mol. The van der Waals surface area contributed by atoms with Crippen LogP contribution in [0.25, 0.3) is 0 Å². The molecule has 1 aliphatic heterocycles. The number of rotatable bonds is 6. The van der Waals surface area contributed by atoms with Crippen LogP contribution in [0.15, 0.2) is 24.3 Å². The molecule has 2 atom stereocenters. The normalized spacial score (nSPS) is 23.2. The van der Waals surface area contributed by atoms with Crippen LogP contribution in [0.1, 0.15) is 45.1 Å². The molecule has 0 spiro atoms. The summed E-state index contributed by atoms with van der Waals surface area (Å²) < 4.78 is 0. The average Bonchev–Trinajstić information content (AvgIpc) is 2.77. The Balaban J connectivity index is 1.80. The Labute approximate surface area is 116 Å². The van der Waals surface area contributed by atoms with Crippen molar-refractivity contribution < 1.29 is 0 Å². The Bertz CT molecular complexity index is 347. The highest BCUT2D eigenvalue weighted by molar-refractivity contribution is 8.00. The summed E-state index contributed by atoms with van der Waals surface area (Å²) in [6.07, 6.45) is 6.49. The molecule has 1 fully saturated rings. The number of hydrogen-bond donors (Lipinski definition) is 1. The van der Waals surface area contributed by atoms with Crippen LogP contribution in [0.5, 0.6) is 0 Å². The van der Waals surface area contributed by atoms with Crippen LogP contribution >= 0.6 is 11.8 Å². The molecule has 18 heavy (non-hydrogen) atoms. The number of benzene rings is 1. The van der Waals surface area contributed by atoms with Crippen LogP contribution in [0.3, 0.4) is 0 Å². The maximum Gasteiger partial charge on any atom is 0.0362 e. The SMILES string of the molecule is CCCCCc1ccc(NC2CSC(C)C2)cc1. The van der Waals surface area contributed by atoms with E-state index in [0.717, 1.165) is 5.25 Å². The van der Waals surface area contributed by atoms with Crippen molar-refractivity contribution in [1.82, 2.24) is 0 Å². The van der Waals surface area contributed by atoms with E-state index in [-0.39, 0.29) is 0 Å². The van der Waals surface area contributed by atoms with Crippen molar-refractivity contribution >= 4 is 17.4 Å². The summed E-state index contributed by atoms with van der Waals surface area (Å²) in [5.41, 5.74) is 2.76. The molecule has 0 bridgehead atoms. The molecule has 0 saturated carbocycles. The zero-order valence-electron chi connectivity index (χ0n) is 11.6. The lowest BCUT2D eigenvalue weighted by Gasteiger charge is -2.13. The summed E-state index contributed by atoms with van der Waals surface area (Å²) in [5, 5.41) is 4.46. The first-order valence-electron chi connectivity index (χ1n) is 7.25. The molecule has 1 aromatic carbocycles. The van der Waals surface area contributed by atoms with Crippen LogP contribution in [0, 0.1) is 0 Å². The predicted octanol–water partition coefficient (Wildman–Crippen LogP) is 4.73. The zero-order chi connectivity index (χ0) is 12.8. The van der Waals surface area contributed by atoms with E-state index in [0.29, 0.717) is 6.04 Å². The highest BCUT2D eigenvalue weighted by Crippen LogP contribution is 2.28. The van der Waals surface area contributed by atoms with Gasteiger partial charge >= 0.3 is 0 Å². The third-order valence-corrected chi connectivity index (χ3v) is 4.95. The fourth-order valence-corrected chi connectivity index (χ4v) is 3.65. The van der Waals surface area contributed by atoms with Crippen molar-refractivity contribution in [3.8, 4) is 0 Å². The first-order chi connectivity index (χ1) is 8.78. The number of hydrogen-bond acceptors (Lipinski definition) is 2. The van der Waals surface area contributed by atoms with E-state index in [1.54, 1.807) is 0 Å². The molecule has 0 radical (unpaired) electrons. The average molecular weight is 263 g/mol. The van der Waals surface area contributed by atoms with Gasteiger partial charge < -0.3 is 5.32 Å². The van der Waals surface area contributed by atoms with Gasteiger partial charge in [0.2, 0.25) is 0 Å². The molecular formula is C16H25NS. The van der Waals surface area contributed by atoms with Gasteiger partial charge in [-0.1, -0.05) is 38.8 Å². The first kappa shape index (κ1) is 13.8. The molecule has 0 aliphatic carbocycles. The van der Waals surface area contributed by atoms with Crippen LogP contribution in [0.4, 0.5) is 5.69 Å². The molecule has 1 saturated heterocycles. The minimum absolute atomic E-state index is 0.663. The molecule has 100 valence electrons. The topological polar surface area (TPSA) is 12.0 Å². The number of thioether (sulfide) groups is 1. The lowest BCUT2D eigenvalue weighted by atomic mass is 10.1. The lowest BCUT2D eigenvalue weighted by Crippen LogP contribution is -2.18. The molecule has 2 rings (SSSR count). The van der Waals surface area contributed by atoms with Gasteiger partial charge in [0.05, 0.1) is 0 Å². The Morgan fingerprint density at radius 2 is 2.00 bits per heavy atom. The van der Waals surface area contributed by atoms with Crippen molar-refractivity contribution in [2.24, 2.45) is 0 Å². The summed E-state index contributed by atoms with van der Waals surface area (Å²) in [4.78, 5) is 0. The molecule has 1 aromatic rings. The van der Waals surface area contributed by atoms with Gasteiger partial charge in [0.1, 0.15) is 0 Å². The molecule has 1 aliphatic rings. The highest BCUT2D eigenvalue weighted by atomic mass is 32.2. The minimum Gasteiger partial charge on any atom is -0.381 e. The summed E-state index contributed by atoms with van der Waals surface area (Å²) in [5.74, 6) is 1.25. The molecule has 1 heterocycles. The quantitative estimate of drug-likeness (QED) is 0.745. The van der Waals surface area contributed by atoms with Crippen molar-refractivity contribution in [1.29, 1.82) is 0 Å². The van der Waals surface area contributed by atoms with Crippen LogP contribution < -0.4 is 5.32 Å². The number of aryl methyl sites for hydroxylation is 1. The van der Waals surface area contributed by atoms with Gasteiger partial charge in [-0.25, -0.2) is 0 Å². The largest absolute Gasteiger partial charge is 0.381 e. The van der Waals surface area contributed by atoms with Crippen molar-refractivity contribution in [2.75, 3.05) is 11.1 Å². The highest BCUT2D eigenvalue weighted by Gasteiger charge is 2.21. The molecular weight excluding hydrogens is 238 g/mol. The van der Waals surface area contributed by atoms with Gasteiger partial charge in [-0.15, -0.1) is 0 Å². The predicted molar refractivity (Wildman–Crippen MR) is 83.6 cm³/mol. The minimum atomic E-state index is 0.663. The third kappa shape index (κ3) is 4.24. The van der Waals surface area contributed by atoms with E-state index in [1.165, 1.54) is 49.1 Å². The summed E-state index contributed by atoms with van der Waals surface area (Å²) >= 11 is 2.08. The van der Waals surface area contributed by atoms with Crippen molar-refractivity contribution in [3.05, 3.63) is 29.8 Å². The standard InChI is InChI=1S/C16H25NS/c1-3-4-5-6-14-7-9-15(10-8-14)17-16-11-13(2)18-12-16/h7-10,13,16-17H,3-6,11-12H2,1-2H3. The maximum absolute atomic E-state index is 3.64. The van der Waals surface area contributed by atoms with E-state index in [4.69, 9.17) is 0 Å². The summed E-state index contributed by atoms with van der Waals surface area (Å²) in [6.45, 7) is 4.58. The third-order valence-electron chi connectivity index (χ3n) is 3.59. The molecule has 2 heteroatoms. The Hall–Kier alpha value is -0.630. The molecule has 0 amide bonds. The molecule has 1 N–H and O–H groups in total. The van der Waals surface area contributed by atoms with Crippen molar-refractivity contribution in [3.63, 3.8) is 0 Å². The van der Waals surface area contributed by atoms with Gasteiger partial charge in [0, 0.05) is 22.7 Å². The second-order valence-electron chi connectivity index (χ2n) is 5.37. The Morgan fingerprint density at radius 1 is 1.22 bits per heavy atom. The van der Waals surface area contributed by atoms with Crippen LogP contribution in [0.2, 0.25) is 0 Å². The van der Waals surface area contributed by atoms with Crippen LogP contribution in [-0.2, 0) is 6.42 Å². The van der Waals surface area contributed by atoms with E-state index < -0.39 is 0 Å². The second-order valence-corrected chi connectivity index (χ2v) is 6.85. The zero-order valence-corrected chi connectivity index (χ0v) is 12.4. The van der Waals surface area contributed by atoms with E-state index >= 15 is 0 Å².